The molecule has 0 radical (unpaired) electrons. The Hall–Kier alpha value is -3.48. The highest BCUT2D eigenvalue weighted by Crippen LogP contribution is 2.38. The Balaban J connectivity index is 1.76. The topological polar surface area (TPSA) is 43.2 Å². The van der Waals surface area contributed by atoms with E-state index in [4.69, 9.17) is 4.98 Å². The van der Waals surface area contributed by atoms with Crippen LogP contribution in [0.4, 0.5) is 37.8 Å². The van der Waals surface area contributed by atoms with E-state index in [1.165, 1.54) is 12.8 Å². The fraction of sp³-hybridized carbons (Fsp3) is 0.407. The molecule has 4 nitrogen and oxygen atoms in total. The number of anilines is 2. The van der Waals surface area contributed by atoms with Gasteiger partial charge in [-0.25, -0.2) is 4.98 Å². The average molecular weight is 521 g/mol. The third-order valence-electron chi connectivity index (χ3n) is 6.74. The summed E-state index contributed by atoms with van der Waals surface area (Å²) in [7, 11) is 0. The summed E-state index contributed by atoms with van der Waals surface area (Å²) < 4.78 is 80.2. The van der Waals surface area contributed by atoms with Gasteiger partial charge in [-0.2, -0.15) is 31.6 Å². The molecule has 196 valence electrons. The van der Waals surface area contributed by atoms with Gasteiger partial charge in [0.25, 0.3) is 0 Å². The van der Waals surface area contributed by atoms with Gasteiger partial charge in [-0.05, 0) is 55.5 Å². The Morgan fingerprint density at radius 3 is 2.14 bits per heavy atom. The Labute approximate surface area is 211 Å². The molecule has 1 aromatic heterocycles. The lowest BCUT2D eigenvalue weighted by atomic mass is 10.0. The number of nitriles is 1. The van der Waals surface area contributed by atoms with Gasteiger partial charge >= 0.3 is 12.4 Å². The van der Waals surface area contributed by atoms with Crippen LogP contribution in [0.1, 0.15) is 49.3 Å². The van der Waals surface area contributed by atoms with E-state index in [9.17, 15) is 31.6 Å². The summed E-state index contributed by atoms with van der Waals surface area (Å²) in [6.07, 6.45) is -3.37. The fourth-order valence-corrected chi connectivity index (χ4v) is 4.89. The quantitative estimate of drug-likeness (QED) is 0.181. The van der Waals surface area contributed by atoms with Gasteiger partial charge in [0.1, 0.15) is 5.82 Å². The minimum Gasteiger partial charge on any atom is -0.357 e. The first-order valence-corrected chi connectivity index (χ1v) is 12.1. The van der Waals surface area contributed by atoms with Crippen molar-refractivity contribution >= 4 is 22.4 Å². The molecule has 0 bridgehead atoms. The van der Waals surface area contributed by atoms with Crippen molar-refractivity contribution in [2.75, 3.05) is 22.9 Å². The van der Waals surface area contributed by atoms with E-state index in [0.29, 0.717) is 47.0 Å². The number of para-hydroxylation sites is 1. The standard InChI is InChI=1S/C27H26F6N4/c1-2-36(15-18-7-3-4-8-18)25-14-24(22-9-5-6-10-23(22)35-25)37(17-34)16-19-11-20(26(28,29)30)13-21(12-19)27(31,32)33/h5-6,9-14,18H,2-4,7-8,15-16H2,1H3. The highest BCUT2D eigenvalue weighted by molar-refractivity contribution is 5.94. The van der Waals surface area contributed by atoms with E-state index in [-0.39, 0.29) is 11.6 Å². The van der Waals surface area contributed by atoms with Crippen LogP contribution in [0.2, 0.25) is 0 Å². The molecule has 3 aromatic rings. The van der Waals surface area contributed by atoms with Gasteiger partial charge in [-0.1, -0.05) is 31.0 Å². The van der Waals surface area contributed by atoms with Crippen LogP contribution in [-0.2, 0) is 18.9 Å². The largest absolute Gasteiger partial charge is 0.416 e. The number of pyridine rings is 1. The second kappa shape index (κ2) is 10.5. The van der Waals surface area contributed by atoms with Crippen LogP contribution in [0.3, 0.4) is 0 Å². The van der Waals surface area contributed by atoms with Gasteiger partial charge in [0, 0.05) is 24.5 Å². The van der Waals surface area contributed by atoms with Gasteiger partial charge in [-0.15, -0.1) is 0 Å². The highest BCUT2D eigenvalue weighted by atomic mass is 19.4. The van der Waals surface area contributed by atoms with Crippen molar-refractivity contribution in [1.29, 1.82) is 5.26 Å². The zero-order valence-corrected chi connectivity index (χ0v) is 20.2. The molecule has 10 heteroatoms. The molecule has 0 amide bonds. The molecule has 0 unspecified atom stereocenters. The first kappa shape index (κ1) is 26.6. The van der Waals surface area contributed by atoms with Crippen molar-refractivity contribution in [3.05, 3.63) is 65.2 Å². The van der Waals surface area contributed by atoms with E-state index >= 15 is 0 Å². The van der Waals surface area contributed by atoms with Crippen LogP contribution in [0.25, 0.3) is 10.9 Å². The average Bonchev–Trinajstić information content (AvgIpc) is 3.37. The summed E-state index contributed by atoms with van der Waals surface area (Å²) in [5.41, 5.74) is -2.14. The zero-order chi connectivity index (χ0) is 26.8. The van der Waals surface area contributed by atoms with E-state index in [1.807, 2.05) is 13.1 Å². The molecule has 4 rings (SSSR count). The number of nitrogens with zero attached hydrogens (tertiary/aromatic N) is 4. The van der Waals surface area contributed by atoms with E-state index in [1.54, 1.807) is 30.3 Å². The molecule has 37 heavy (non-hydrogen) atoms. The highest BCUT2D eigenvalue weighted by Gasteiger charge is 2.37. The smallest absolute Gasteiger partial charge is 0.357 e. The maximum absolute atomic E-state index is 13.4. The number of alkyl halides is 6. The van der Waals surface area contributed by atoms with Crippen LogP contribution >= 0.6 is 0 Å². The number of hydrogen-bond donors (Lipinski definition) is 0. The maximum Gasteiger partial charge on any atom is 0.416 e. The van der Waals surface area contributed by atoms with E-state index in [0.717, 1.165) is 24.3 Å². The third kappa shape index (κ3) is 6.09. The van der Waals surface area contributed by atoms with Crippen LogP contribution in [-0.4, -0.2) is 18.1 Å². The summed E-state index contributed by atoms with van der Waals surface area (Å²) in [6.45, 7) is 2.98. The third-order valence-corrected chi connectivity index (χ3v) is 6.74. The van der Waals surface area contributed by atoms with Crippen molar-refractivity contribution < 1.29 is 26.3 Å². The Morgan fingerprint density at radius 1 is 0.946 bits per heavy atom. The first-order chi connectivity index (χ1) is 17.5. The first-order valence-electron chi connectivity index (χ1n) is 12.1. The monoisotopic (exact) mass is 520 g/mol. The number of halogens is 6. The van der Waals surface area contributed by atoms with Crippen molar-refractivity contribution in [3.63, 3.8) is 0 Å². The molecule has 0 spiro atoms. The van der Waals surface area contributed by atoms with Gasteiger partial charge in [0.2, 0.25) is 0 Å². The molecule has 0 saturated heterocycles. The lowest BCUT2D eigenvalue weighted by Crippen LogP contribution is -2.29. The van der Waals surface area contributed by atoms with Crippen LogP contribution in [0.15, 0.2) is 48.5 Å². The summed E-state index contributed by atoms with van der Waals surface area (Å²) in [5, 5.41) is 10.5. The van der Waals surface area contributed by atoms with Gasteiger partial charge in [0.15, 0.2) is 6.19 Å². The number of benzene rings is 2. The molecule has 1 saturated carbocycles. The summed E-state index contributed by atoms with van der Waals surface area (Å²) >= 11 is 0. The molecule has 1 fully saturated rings. The SMILES string of the molecule is CCN(CC1CCCC1)c1cc(N(C#N)Cc2cc(C(F)(F)F)cc(C(F)(F)F)c2)c2ccccc2n1. The normalized spacial score (nSPS) is 14.6. The van der Waals surface area contributed by atoms with Gasteiger partial charge in [0.05, 0.1) is 28.9 Å². The predicted octanol–water partition coefficient (Wildman–Crippen LogP) is 7.78. The van der Waals surface area contributed by atoms with E-state index in [2.05, 4.69) is 4.90 Å². The molecule has 1 aliphatic carbocycles. The van der Waals surface area contributed by atoms with Crippen molar-refractivity contribution in [1.82, 2.24) is 4.98 Å². The molecular weight excluding hydrogens is 494 g/mol. The molecule has 2 aromatic carbocycles. The molecule has 0 aliphatic heterocycles. The number of hydrogen-bond acceptors (Lipinski definition) is 4. The predicted molar refractivity (Wildman–Crippen MR) is 130 cm³/mol. The second-order valence-electron chi connectivity index (χ2n) is 9.31. The number of aromatic nitrogens is 1. The lowest BCUT2D eigenvalue weighted by Gasteiger charge is -2.27. The Morgan fingerprint density at radius 2 is 1.57 bits per heavy atom. The number of rotatable bonds is 7. The minimum atomic E-state index is -4.97. The summed E-state index contributed by atoms with van der Waals surface area (Å²) in [4.78, 5) is 7.98. The Bertz CT molecular complexity index is 1260. The Kier molecular flexibility index (Phi) is 7.53. The maximum atomic E-state index is 13.4. The minimum absolute atomic E-state index is 0.0856. The fourth-order valence-electron chi connectivity index (χ4n) is 4.89. The van der Waals surface area contributed by atoms with Crippen LogP contribution in [0.5, 0.6) is 0 Å². The van der Waals surface area contributed by atoms with Crippen molar-refractivity contribution in [2.24, 2.45) is 5.92 Å². The second-order valence-corrected chi connectivity index (χ2v) is 9.31. The van der Waals surface area contributed by atoms with Crippen molar-refractivity contribution in [3.8, 4) is 6.19 Å². The molecule has 0 N–H and O–H groups in total. The van der Waals surface area contributed by atoms with Crippen LogP contribution < -0.4 is 9.80 Å². The summed E-state index contributed by atoms with van der Waals surface area (Å²) in [6, 6.07) is 10.1. The number of fused-ring (bicyclic) bond motifs is 1. The molecule has 1 aliphatic rings. The van der Waals surface area contributed by atoms with Gasteiger partial charge < -0.3 is 4.90 Å². The molecular formula is C27H26F6N4. The zero-order valence-electron chi connectivity index (χ0n) is 20.2. The lowest BCUT2D eigenvalue weighted by molar-refractivity contribution is -0.143. The molecule has 1 heterocycles. The van der Waals surface area contributed by atoms with E-state index < -0.39 is 30.0 Å². The van der Waals surface area contributed by atoms with Gasteiger partial charge in [-0.3, -0.25) is 4.90 Å². The van der Waals surface area contributed by atoms with Crippen molar-refractivity contribution in [2.45, 2.75) is 51.5 Å². The molecule has 0 atom stereocenters. The summed E-state index contributed by atoms with van der Waals surface area (Å²) in [5.74, 6) is 1.14. The van der Waals surface area contributed by atoms with Crippen LogP contribution in [0, 0.1) is 17.4 Å².